The number of carbonyl (C=O) groups excluding carboxylic acids is 1. The Morgan fingerprint density at radius 3 is 2.81 bits per heavy atom. The lowest BCUT2D eigenvalue weighted by Gasteiger charge is -2.22. The molecule has 0 radical (unpaired) electrons. The van der Waals surface area contributed by atoms with E-state index in [2.05, 4.69) is 15.4 Å². The van der Waals surface area contributed by atoms with Gasteiger partial charge in [-0.1, -0.05) is 0 Å². The minimum absolute atomic E-state index is 0.0987. The van der Waals surface area contributed by atoms with E-state index in [1.165, 1.54) is 16.9 Å². The highest BCUT2D eigenvalue weighted by Crippen LogP contribution is 2.22. The first kappa shape index (κ1) is 18.4. The maximum atomic E-state index is 13.0. The zero-order chi connectivity index (χ0) is 18.6. The summed E-state index contributed by atoms with van der Waals surface area (Å²) in [6.07, 6.45) is 3.20. The smallest absolute Gasteiger partial charge is 0.222 e. The largest absolute Gasteiger partial charge is 0.390 e. The average Bonchev–Trinajstić information content (AvgIpc) is 2.99. The summed E-state index contributed by atoms with van der Waals surface area (Å²) >= 11 is 0. The molecule has 8 heteroatoms. The lowest BCUT2D eigenvalue weighted by molar-refractivity contribution is -0.131. The number of hydrogen-bond donors (Lipinski definition) is 1. The van der Waals surface area contributed by atoms with Crippen molar-refractivity contribution in [3.63, 3.8) is 0 Å². The van der Waals surface area contributed by atoms with Crippen molar-refractivity contribution < 1.29 is 14.3 Å². The predicted molar refractivity (Wildman–Crippen MR) is 93.5 cm³/mol. The highest BCUT2D eigenvalue weighted by molar-refractivity contribution is 5.76. The average molecular weight is 361 g/mol. The highest BCUT2D eigenvalue weighted by Gasteiger charge is 2.26. The number of amides is 1. The van der Waals surface area contributed by atoms with E-state index in [0.29, 0.717) is 50.3 Å². The Hall–Kier alpha value is -2.35. The van der Waals surface area contributed by atoms with Crippen LogP contribution in [0, 0.1) is 5.82 Å². The summed E-state index contributed by atoms with van der Waals surface area (Å²) in [7, 11) is 0. The Bertz CT molecular complexity index is 744. The number of aromatic nitrogens is 4. The van der Waals surface area contributed by atoms with Crippen molar-refractivity contribution in [1.29, 1.82) is 0 Å². The number of aliphatic hydroxyl groups is 1. The van der Waals surface area contributed by atoms with Crippen molar-refractivity contribution in [2.45, 2.75) is 51.2 Å². The van der Waals surface area contributed by atoms with Gasteiger partial charge in [-0.2, -0.15) is 4.80 Å². The third-order valence-corrected chi connectivity index (χ3v) is 4.72. The number of aryl methyl sites for hydroxylation is 1. The van der Waals surface area contributed by atoms with Gasteiger partial charge in [0, 0.05) is 25.1 Å². The van der Waals surface area contributed by atoms with Gasteiger partial charge in [-0.05, 0) is 62.1 Å². The van der Waals surface area contributed by atoms with Gasteiger partial charge >= 0.3 is 0 Å². The summed E-state index contributed by atoms with van der Waals surface area (Å²) in [5, 5.41) is 22.3. The molecule has 1 amide bonds. The van der Waals surface area contributed by atoms with E-state index in [4.69, 9.17) is 0 Å². The monoisotopic (exact) mass is 361 g/mol. The van der Waals surface area contributed by atoms with Gasteiger partial charge in [-0.25, -0.2) is 4.39 Å². The van der Waals surface area contributed by atoms with Crippen LogP contribution in [-0.4, -0.2) is 54.8 Å². The van der Waals surface area contributed by atoms with E-state index in [-0.39, 0.29) is 11.7 Å². The molecular formula is C18H24FN5O2. The fourth-order valence-corrected chi connectivity index (χ4v) is 3.10. The topological polar surface area (TPSA) is 84.1 Å². The minimum atomic E-state index is -0.670. The molecule has 1 atom stereocenters. The summed E-state index contributed by atoms with van der Waals surface area (Å²) in [4.78, 5) is 15.6. The number of rotatable bonds is 5. The molecule has 2 aromatic rings. The van der Waals surface area contributed by atoms with Crippen molar-refractivity contribution >= 4 is 5.91 Å². The first-order valence-electron chi connectivity index (χ1n) is 8.97. The van der Waals surface area contributed by atoms with Crippen LogP contribution in [0.4, 0.5) is 4.39 Å². The second-order valence-corrected chi connectivity index (χ2v) is 7.05. The molecule has 1 aliphatic heterocycles. The molecule has 0 bridgehead atoms. The first-order valence-corrected chi connectivity index (χ1v) is 8.97. The van der Waals surface area contributed by atoms with Crippen molar-refractivity contribution in [3.05, 3.63) is 30.1 Å². The van der Waals surface area contributed by atoms with E-state index in [0.717, 1.165) is 12.8 Å². The second kappa shape index (κ2) is 7.90. The molecule has 2 heterocycles. The molecule has 0 unspecified atom stereocenters. The fraction of sp³-hybridized carbons (Fsp3) is 0.556. The van der Waals surface area contributed by atoms with Crippen LogP contribution >= 0.6 is 0 Å². The Kier molecular flexibility index (Phi) is 5.61. The first-order chi connectivity index (χ1) is 12.4. The van der Waals surface area contributed by atoms with Crippen LogP contribution in [0.1, 0.15) is 39.0 Å². The zero-order valence-corrected chi connectivity index (χ0v) is 14.9. The number of likely N-dealkylation sites (tertiary alicyclic amines) is 1. The molecule has 1 aliphatic rings. The molecule has 140 valence electrons. The maximum Gasteiger partial charge on any atom is 0.222 e. The highest BCUT2D eigenvalue weighted by atomic mass is 19.1. The van der Waals surface area contributed by atoms with Crippen LogP contribution in [-0.2, 0) is 11.3 Å². The van der Waals surface area contributed by atoms with Gasteiger partial charge in [0.2, 0.25) is 11.7 Å². The van der Waals surface area contributed by atoms with Crippen LogP contribution in [0.2, 0.25) is 0 Å². The molecule has 7 nitrogen and oxygen atoms in total. The third-order valence-electron chi connectivity index (χ3n) is 4.72. The summed E-state index contributed by atoms with van der Waals surface area (Å²) < 4.78 is 13.0. The Morgan fingerprint density at radius 1 is 1.27 bits per heavy atom. The number of tetrazole rings is 1. The summed E-state index contributed by atoms with van der Waals surface area (Å²) in [6.45, 7) is 3.62. The number of halogens is 1. The molecule has 0 saturated carbocycles. The van der Waals surface area contributed by atoms with Crippen LogP contribution in [0.25, 0.3) is 11.4 Å². The lowest BCUT2D eigenvalue weighted by Crippen LogP contribution is -2.33. The van der Waals surface area contributed by atoms with Gasteiger partial charge in [-0.15, -0.1) is 10.2 Å². The van der Waals surface area contributed by atoms with Crippen LogP contribution in [0.15, 0.2) is 24.3 Å². The van der Waals surface area contributed by atoms with Crippen molar-refractivity contribution in [2.24, 2.45) is 0 Å². The lowest BCUT2D eigenvalue weighted by atomic mass is 9.98. The Labute approximate surface area is 151 Å². The van der Waals surface area contributed by atoms with E-state index < -0.39 is 5.60 Å². The van der Waals surface area contributed by atoms with Gasteiger partial charge in [0.25, 0.3) is 0 Å². The number of carbonyl (C=O) groups is 1. The quantitative estimate of drug-likeness (QED) is 0.881. The molecule has 0 aliphatic carbocycles. The van der Waals surface area contributed by atoms with Crippen LogP contribution < -0.4 is 0 Å². The van der Waals surface area contributed by atoms with Gasteiger partial charge in [-0.3, -0.25) is 4.79 Å². The number of benzene rings is 1. The van der Waals surface area contributed by atoms with Crippen molar-refractivity contribution in [2.75, 3.05) is 13.1 Å². The van der Waals surface area contributed by atoms with Gasteiger partial charge in [0.15, 0.2) is 0 Å². The van der Waals surface area contributed by atoms with E-state index >= 15 is 0 Å². The predicted octanol–water partition coefficient (Wildman–Crippen LogP) is 2.02. The second-order valence-electron chi connectivity index (χ2n) is 7.05. The molecule has 1 aromatic heterocycles. The summed E-state index contributed by atoms with van der Waals surface area (Å²) in [5.74, 6) is 0.224. The standard InChI is InChI=1S/C18H24FN5O2/c1-18(26)9-3-11-23(13-10-18)16(25)4-2-12-24-21-17(20-22-24)14-5-7-15(19)8-6-14/h5-8,26H,2-4,9-13H2,1H3/t18-/m1/s1. The van der Waals surface area contributed by atoms with Gasteiger partial charge in [0.1, 0.15) is 5.82 Å². The van der Waals surface area contributed by atoms with Gasteiger partial charge in [0.05, 0.1) is 12.1 Å². The van der Waals surface area contributed by atoms with E-state index in [1.54, 1.807) is 12.1 Å². The number of nitrogens with zero attached hydrogens (tertiary/aromatic N) is 5. The molecule has 1 fully saturated rings. The van der Waals surface area contributed by atoms with Crippen molar-refractivity contribution in [1.82, 2.24) is 25.1 Å². The molecular weight excluding hydrogens is 337 g/mol. The van der Waals surface area contributed by atoms with E-state index in [1.807, 2.05) is 11.8 Å². The minimum Gasteiger partial charge on any atom is -0.390 e. The summed E-state index contributed by atoms with van der Waals surface area (Å²) in [5.41, 5.74) is 0.0292. The van der Waals surface area contributed by atoms with Crippen LogP contribution in [0.5, 0.6) is 0 Å². The molecule has 1 N–H and O–H groups in total. The molecule has 1 saturated heterocycles. The molecule has 3 rings (SSSR count). The fourth-order valence-electron chi connectivity index (χ4n) is 3.10. The van der Waals surface area contributed by atoms with E-state index in [9.17, 15) is 14.3 Å². The maximum absolute atomic E-state index is 13.0. The van der Waals surface area contributed by atoms with Crippen molar-refractivity contribution in [3.8, 4) is 11.4 Å². The molecule has 0 spiro atoms. The van der Waals surface area contributed by atoms with Gasteiger partial charge < -0.3 is 10.0 Å². The SMILES string of the molecule is C[C@@]1(O)CCCN(C(=O)CCCn2nnc(-c3ccc(F)cc3)n2)CC1. The normalized spacial score (nSPS) is 20.8. The Balaban J connectivity index is 1.47. The third kappa shape index (κ3) is 4.85. The zero-order valence-electron chi connectivity index (χ0n) is 14.9. The van der Waals surface area contributed by atoms with Crippen LogP contribution in [0.3, 0.4) is 0 Å². The summed E-state index contributed by atoms with van der Waals surface area (Å²) in [6, 6.07) is 5.92. The molecule has 26 heavy (non-hydrogen) atoms. The number of hydrogen-bond acceptors (Lipinski definition) is 5. The Morgan fingerprint density at radius 2 is 2.04 bits per heavy atom. The molecule has 1 aromatic carbocycles.